The van der Waals surface area contributed by atoms with Gasteiger partial charge in [-0.1, -0.05) is 11.8 Å². The van der Waals surface area contributed by atoms with Gasteiger partial charge in [-0.15, -0.1) is 10.2 Å². The molecule has 0 bridgehead atoms. The highest BCUT2D eigenvalue weighted by atomic mass is 32.2. The lowest BCUT2D eigenvalue weighted by molar-refractivity contribution is 0.526. The first-order valence-electron chi connectivity index (χ1n) is 5.88. The molecule has 0 fully saturated rings. The van der Waals surface area contributed by atoms with E-state index in [-0.39, 0.29) is 0 Å². The van der Waals surface area contributed by atoms with Crippen LogP contribution in [0.1, 0.15) is 31.3 Å². The standard InChI is InChI=1S/C12H17N5S/c1-9(2)17-11(7-13)15-16-12(17)18-8-10-3-5-14-6-4-10/h3-6,9H,7-8,13H2,1-2H3. The second-order valence-corrected chi connectivity index (χ2v) is 5.15. The number of hydrogen-bond donors (Lipinski definition) is 1. The van der Waals surface area contributed by atoms with Crippen molar-refractivity contribution in [2.24, 2.45) is 5.73 Å². The highest BCUT2D eigenvalue weighted by molar-refractivity contribution is 7.98. The monoisotopic (exact) mass is 263 g/mol. The Morgan fingerprint density at radius 2 is 2.00 bits per heavy atom. The van der Waals surface area contributed by atoms with Gasteiger partial charge in [0.25, 0.3) is 0 Å². The van der Waals surface area contributed by atoms with Gasteiger partial charge in [-0.25, -0.2) is 0 Å². The molecular weight excluding hydrogens is 246 g/mol. The summed E-state index contributed by atoms with van der Waals surface area (Å²) in [5.41, 5.74) is 6.89. The Morgan fingerprint density at radius 1 is 1.28 bits per heavy atom. The molecule has 0 radical (unpaired) electrons. The van der Waals surface area contributed by atoms with Gasteiger partial charge in [0.2, 0.25) is 0 Å². The highest BCUT2D eigenvalue weighted by Crippen LogP contribution is 2.24. The van der Waals surface area contributed by atoms with Crippen LogP contribution in [0.2, 0.25) is 0 Å². The van der Waals surface area contributed by atoms with Crippen molar-refractivity contribution in [1.29, 1.82) is 0 Å². The lowest BCUT2D eigenvalue weighted by Crippen LogP contribution is -2.11. The van der Waals surface area contributed by atoms with Gasteiger partial charge in [-0.05, 0) is 31.5 Å². The molecule has 0 spiro atoms. The Morgan fingerprint density at radius 3 is 2.61 bits per heavy atom. The molecule has 5 nitrogen and oxygen atoms in total. The minimum atomic E-state index is 0.318. The second kappa shape index (κ2) is 5.97. The van der Waals surface area contributed by atoms with Crippen LogP contribution in [0.3, 0.4) is 0 Å². The summed E-state index contributed by atoms with van der Waals surface area (Å²) in [5.74, 6) is 1.69. The zero-order valence-electron chi connectivity index (χ0n) is 10.6. The van der Waals surface area contributed by atoms with E-state index in [0.29, 0.717) is 12.6 Å². The molecule has 0 aliphatic rings. The molecular formula is C12H17N5S. The van der Waals surface area contributed by atoms with Crippen LogP contribution < -0.4 is 5.73 Å². The van der Waals surface area contributed by atoms with Crippen LogP contribution in [0, 0.1) is 0 Å². The normalized spacial score (nSPS) is 11.1. The topological polar surface area (TPSA) is 69.6 Å². The molecule has 0 aromatic carbocycles. The minimum absolute atomic E-state index is 0.318. The molecule has 0 aliphatic carbocycles. The van der Waals surface area contributed by atoms with Crippen molar-refractivity contribution < 1.29 is 0 Å². The molecule has 2 rings (SSSR count). The Kier molecular flexibility index (Phi) is 4.33. The Bertz CT molecular complexity index is 494. The fourth-order valence-electron chi connectivity index (χ4n) is 1.69. The van der Waals surface area contributed by atoms with Crippen molar-refractivity contribution in [3.8, 4) is 0 Å². The zero-order chi connectivity index (χ0) is 13.0. The molecule has 0 amide bonds. The SMILES string of the molecule is CC(C)n1c(CN)nnc1SCc1ccncc1. The van der Waals surface area contributed by atoms with Gasteiger partial charge in [0.1, 0.15) is 5.82 Å². The number of hydrogen-bond acceptors (Lipinski definition) is 5. The molecule has 2 aromatic heterocycles. The first-order chi connectivity index (χ1) is 8.72. The summed E-state index contributed by atoms with van der Waals surface area (Å²) in [7, 11) is 0. The van der Waals surface area contributed by atoms with Crippen molar-refractivity contribution in [3.05, 3.63) is 35.9 Å². The van der Waals surface area contributed by atoms with Crippen molar-refractivity contribution in [2.75, 3.05) is 0 Å². The molecule has 0 atom stereocenters. The fraction of sp³-hybridized carbons (Fsp3) is 0.417. The second-order valence-electron chi connectivity index (χ2n) is 4.21. The molecule has 0 saturated carbocycles. The van der Waals surface area contributed by atoms with Gasteiger partial charge in [-0.3, -0.25) is 4.98 Å². The summed E-state index contributed by atoms with van der Waals surface area (Å²) in [5, 5.41) is 9.25. The van der Waals surface area contributed by atoms with E-state index in [9.17, 15) is 0 Å². The number of rotatable bonds is 5. The zero-order valence-corrected chi connectivity index (χ0v) is 11.4. The molecule has 2 heterocycles. The average molecular weight is 263 g/mol. The number of thioether (sulfide) groups is 1. The molecule has 6 heteroatoms. The van der Waals surface area contributed by atoms with Gasteiger partial charge in [0, 0.05) is 24.2 Å². The Hall–Kier alpha value is -1.40. The molecule has 2 N–H and O–H groups in total. The van der Waals surface area contributed by atoms with Crippen molar-refractivity contribution in [1.82, 2.24) is 19.7 Å². The summed E-state index contributed by atoms with van der Waals surface area (Å²) in [4.78, 5) is 4.00. The third kappa shape index (κ3) is 2.88. The maximum atomic E-state index is 5.67. The van der Waals surface area contributed by atoms with Crippen LogP contribution in [0.4, 0.5) is 0 Å². The maximum absolute atomic E-state index is 5.67. The first-order valence-corrected chi connectivity index (χ1v) is 6.86. The van der Waals surface area contributed by atoms with Crippen LogP contribution in [-0.4, -0.2) is 19.7 Å². The summed E-state index contributed by atoms with van der Waals surface area (Å²) in [6.07, 6.45) is 3.60. The summed E-state index contributed by atoms with van der Waals surface area (Å²) < 4.78 is 2.09. The number of nitrogens with zero attached hydrogens (tertiary/aromatic N) is 4. The summed E-state index contributed by atoms with van der Waals surface area (Å²) in [6.45, 7) is 4.64. The summed E-state index contributed by atoms with van der Waals surface area (Å²) >= 11 is 1.67. The average Bonchev–Trinajstić information content (AvgIpc) is 2.80. The molecule has 96 valence electrons. The predicted molar refractivity (Wildman–Crippen MR) is 72.1 cm³/mol. The van der Waals surface area contributed by atoms with Gasteiger partial charge >= 0.3 is 0 Å². The van der Waals surface area contributed by atoms with E-state index in [1.807, 2.05) is 12.1 Å². The highest BCUT2D eigenvalue weighted by Gasteiger charge is 2.13. The van der Waals surface area contributed by atoms with E-state index >= 15 is 0 Å². The Labute approximate surface area is 111 Å². The van der Waals surface area contributed by atoms with Crippen LogP contribution in [0.25, 0.3) is 0 Å². The van der Waals surface area contributed by atoms with E-state index in [1.54, 1.807) is 24.2 Å². The van der Waals surface area contributed by atoms with Gasteiger partial charge in [0.15, 0.2) is 5.16 Å². The smallest absolute Gasteiger partial charge is 0.191 e. The lowest BCUT2D eigenvalue weighted by Gasteiger charge is -2.12. The molecule has 2 aromatic rings. The van der Waals surface area contributed by atoms with E-state index in [4.69, 9.17) is 5.73 Å². The fourth-order valence-corrected chi connectivity index (χ4v) is 2.73. The molecule has 18 heavy (non-hydrogen) atoms. The lowest BCUT2D eigenvalue weighted by atomic mass is 10.3. The molecule has 0 aliphatic heterocycles. The molecule has 0 saturated heterocycles. The van der Waals surface area contributed by atoms with Crippen LogP contribution in [0.15, 0.2) is 29.7 Å². The van der Waals surface area contributed by atoms with Crippen LogP contribution >= 0.6 is 11.8 Å². The number of nitrogens with two attached hydrogens (primary N) is 1. The van der Waals surface area contributed by atoms with E-state index < -0.39 is 0 Å². The molecule has 0 unspecified atom stereocenters. The van der Waals surface area contributed by atoms with Crippen molar-refractivity contribution in [3.63, 3.8) is 0 Å². The third-order valence-corrected chi connectivity index (χ3v) is 3.57. The van der Waals surface area contributed by atoms with E-state index in [0.717, 1.165) is 16.7 Å². The van der Waals surface area contributed by atoms with Gasteiger partial charge < -0.3 is 10.3 Å². The Balaban J connectivity index is 2.12. The maximum Gasteiger partial charge on any atom is 0.191 e. The minimum Gasteiger partial charge on any atom is -0.324 e. The third-order valence-electron chi connectivity index (χ3n) is 2.55. The largest absolute Gasteiger partial charge is 0.324 e. The van der Waals surface area contributed by atoms with E-state index in [2.05, 4.69) is 33.6 Å². The summed E-state index contributed by atoms with van der Waals surface area (Å²) in [6, 6.07) is 4.33. The first kappa shape index (κ1) is 13.0. The number of pyridine rings is 1. The van der Waals surface area contributed by atoms with Gasteiger partial charge in [0.05, 0.1) is 6.54 Å². The van der Waals surface area contributed by atoms with Crippen molar-refractivity contribution >= 4 is 11.8 Å². The van der Waals surface area contributed by atoms with Gasteiger partial charge in [-0.2, -0.15) is 0 Å². The van der Waals surface area contributed by atoms with E-state index in [1.165, 1.54) is 5.56 Å². The van der Waals surface area contributed by atoms with Crippen LogP contribution in [-0.2, 0) is 12.3 Å². The number of aromatic nitrogens is 4. The quantitative estimate of drug-likeness (QED) is 0.836. The predicted octanol–water partition coefficient (Wildman–Crippen LogP) is 2.00. The van der Waals surface area contributed by atoms with Crippen molar-refractivity contribution in [2.45, 2.75) is 37.3 Å². The van der Waals surface area contributed by atoms with Crippen LogP contribution in [0.5, 0.6) is 0 Å².